The third kappa shape index (κ3) is 9.08. The summed E-state index contributed by atoms with van der Waals surface area (Å²) in [4.78, 5) is 31.7. The van der Waals surface area contributed by atoms with Crippen molar-refractivity contribution in [3.63, 3.8) is 0 Å². The molecule has 6 atom stereocenters. The summed E-state index contributed by atoms with van der Waals surface area (Å²) in [5.74, 6) is -0.566. The zero-order chi connectivity index (χ0) is 47.9. The Morgan fingerprint density at radius 3 is 1.42 bits per heavy atom. The van der Waals surface area contributed by atoms with Gasteiger partial charge in [-0.25, -0.2) is 9.97 Å². The van der Waals surface area contributed by atoms with Gasteiger partial charge in [0.05, 0.1) is 36.0 Å². The molecule has 69 heavy (non-hydrogen) atoms. The molecule has 4 aromatic carbocycles. The van der Waals surface area contributed by atoms with Gasteiger partial charge in [0.25, 0.3) is 0 Å². The average molecular weight is 921 g/mol. The summed E-state index contributed by atoms with van der Waals surface area (Å²) < 4.78 is 10.9. The lowest BCUT2D eigenvalue weighted by molar-refractivity contribution is -0.301. The lowest BCUT2D eigenvalue weighted by Crippen LogP contribution is -2.59. The SMILES string of the molecule is Cc1ccc(-c2c3nc(c(-c4ccc(C)cc4)c4ccc([nH]4)c(-c4ccc(NC(=O)[C@@H](N)CO[C@@H]5O[C@H](CO)[C@@H](O)[C@H](O)[C@H]5O)cc4)c4ccc([nH]4)c(-c4ccc(C)cc4)c4nc2C=C4)C=C3)cc1. The maximum Gasteiger partial charge on any atom is 0.243 e. The van der Waals surface area contributed by atoms with Gasteiger partial charge in [0, 0.05) is 50.0 Å². The van der Waals surface area contributed by atoms with Crippen LogP contribution in [0.3, 0.4) is 0 Å². The Kier molecular flexibility index (Phi) is 12.5. The molecule has 1 saturated heterocycles. The Labute approximate surface area is 398 Å². The lowest BCUT2D eigenvalue weighted by atomic mass is 9.99. The van der Waals surface area contributed by atoms with Crippen LogP contribution in [0.5, 0.6) is 0 Å². The Bertz CT molecular complexity index is 3140. The van der Waals surface area contributed by atoms with Crippen molar-refractivity contribution in [2.75, 3.05) is 18.5 Å². The van der Waals surface area contributed by atoms with Gasteiger partial charge in [0.2, 0.25) is 5.91 Å². The first-order chi connectivity index (χ1) is 33.4. The first-order valence-electron chi connectivity index (χ1n) is 22.9. The van der Waals surface area contributed by atoms with Crippen LogP contribution in [0.1, 0.15) is 39.5 Å². The average Bonchev–Trinajstić information content (AvgIpc) is 4.21. The van der Waals surface area contributed by atoms with E-state index in [0.717, 1.165) is 106 Å². The molecule has 10 rings (SSSR count). The number of nitrogens with zero attached hydrogens (tertiary/aromatic N) is 2. The normalized spacial score (nSPS) is 19.2. The maximum absolute atomic E-state index is 13.3. The lowest BCUT2D eigenvalue weighted by Gasteiger charge is -2.39. The van der Waals surface area contributed by atoms with E-state index in [9.17, 15) is 25.2 Å². The minimum atomic E-state index is -1.62. The summed E-state index contributed by atoms with van der Waals surface area (Å²) in [7, 11) is 0. The van der Waals surface area contributed by atoms with Crippen molar-refractivity contribution < 1.29 is 34.7 Å². The summed E-state index contributed by atoms with van der Waals surface area (Å²) in [5, 5.41) is 43.0. The van der Waals surface area contributed by atoms with Crippen LogP contribution < -0.4 is 11.1 Å². The number of amides is 1. The van der Waals surface area contributed by atoms with Crippen molar-refractivity contribution in [2.24, 2.45) is 5.73 Å². The van der Waals surface area contributed by atoms with Crippen molar-refractivity contribution in [1.29, 1.82) is 0 Å². The molecular weight excluding hydrogens is 869 g/mol. The van der Waals surface area contributed by atoms with E-state index < -0.39 is 49.3 Å². The van der Waals surface area contributed by atoms with E-state index in [4.69, 9.17) is 25.2 Å². The second-order valence-corrected chi connectivity index (χ2v) is 17.8. The van der Waals surface area contributed by atoms with Gasteiger partial charge in [-0.15, -0.1) is 0 Å². The van der Waals surface area contributed by atoms with Gasteiger partial charge in [-0.2, -0.15) is 0 Å². The molecule has 1 amide bonds. The number of carbonyl (C=O) groups is 1. The minimum Gasteiger partial charge on any atom is -0.394 e. The highest BCUT2D eigenvalue weighted by molar-refractivity contribution is 6.01. The zero-order valence-electron chi connectivity index (χ0n) is 38.2. The molecule has 0 aliphatic carbocycles. The molecule has 9 N–H and O–H groups in total. The maximum atomic E-state index is 13.3. The highest BCUT2D eigenvalue weighted by atomic mass is 16.7. The number of aliphatic hydroxyl groups is 4. The predicted molar refractivity (Wildman–Crippen MR) is 271 cm³/mol. The van der Waals surface area contributed by atoms with Gasteiger partial charge in [-0.1, -0.05) is 102 Å². The number of carbonyl (C=O) groups excluding carboxylic acids is 1. The van der Waals surface area contributed by atoms with Crippen molar-refractivity contribution in [1.82, 2.24) is 19.9 Å². The van der Waals surface area contributed by atoms with Gasteiger partial charge < -0.3 is 50.9 Å². The van der Waals surface area contributed by atoms with E-state index in [1.165, 1.54) is 0 Å². The molecule has 3 aliphatic heterocycles. The Morgan fingerprint density at radius 2 is 0.971 bits per heavy atom. The van der Waals surface area contributed by atoms with Crippen LogP contribution in [0.25, 0.3) is 90.9 Å². The number of nitrogens with one attached hydrogen (secondary N) is 3. The molecule has 348 valence electrons. The topological polar surface area (TPSA) is 212 Å². The predicted octanol–water partition coefficient (Wildman–Crippen LogP) is 8.33. The molecular formula is C56H52N6O7. The van der Waals surface area contributed by atoms with E-state index in [-0.39, 0.29) is 6.61 Å². The standard InChI is InChI=1S/C56H52N6O7/c1-30-4-10-33(11-5-30)48-39-20-22-41(59-39)49(34-12-6-31(2)7-13-34)43-24-26-45(61-43)51(46-27-25-44(62-46)50(42-23-21-40(48)60-42)35-14-8-32(3)9-15-35)36-16-18-37(19-17-36)58-55(67)38(57)29-68-56-54(66)53(65)52(64)47(28-63)69-56/h4-27,38,47,52-54,56,61-66H,28-29,57H2,1-3H3,(H,58,67)/t38-,47+,52+,53-,54+,56+/m0/s1. The molecule has 13 nitrogen and oxygen atoms in total. The van der Waals surface area contributed by atoms with E-state index in [2.05, 4.69) is 157 Å². The number of ether oxygens (including phenoxy) is 2. The monoisotopic (exact) mass is 920 g/mol. The first-order valence-corrected chi connectivity index (χ1v) is 22.9. The van der Waals surface area contributed by atoms with Crippen LogP contribution >= 0.6 is 0 Å². The largest absolute Gasteiger partial charge is 0.394 e. The number of hydrogen-bond donors (Lipinski definition) is 8. The number of aryl methyl sites for hydroxylation is 3. The molecule has 8 bridgehead atoms. The van der Waals surface area contributed by atoms with Crippen molar-refractivity contribution in [3.05, 3.63) is 161 Å². The highest BCUT2D eigenvalue weighted by Crippen LogP contribution is 2.39. The summed E-state index contributed by atoms with van der Waals surface area (Å²) in [6.45, 7) is 5.24. The first kappa shape index (κ1) is 45.5. The third-order valence-electron chi connectivity index (χ3n) is 12.8. The second kappa shape index (κ2) is 19.0. The second-order valence-electron chi connectivity index (χ2n) is 17.8. The Hall–Kier alpha value is -7.33. The molecule has 13 heteroatoms. The van der Waals surface area contributed by atoms with Crippen LogP contribution in [-0.4, -0.2) is 96.2 Å². The summed E-state index contributed by atoms with van der Waals surface area (Å²) in [6, 6.07) is 40.0. The fourth-order valence-corrected chi connectivity index (χ4v) is 9.02. The zero-order valence-corrected chi connectivity index (χ0v) is 38.2. The third-order valence-corrected chi connectivity index (χ3v) is 12.8. The number of fused-ring (bicyclic) bond motifs is 8. The van der Waals surface area contributed by atoms with Crippen molar-refractivity contribution in [3.8, 4) is 44.5 Å². The molecule has 0 saturated carbocycles. The molecule has 6 heterocycles. The molecule has 1 fully saturated rings. The minimum absolute atomic E-state index is 0.382. The number of aliphatic hydroxyl groups excluding tert-OH is 4. The van der Waals surface area contributed by atoms with Crippen LogP contribution in [-0.2, 0) is 14.3 Å². The number of rotatable bonds is 10. The van der Waals surface area contributed by atoms with Gasteiger partial charge in [-0.3, -0.25) is 4.79 Å². The van der Waals surface area contributed by atoms with Gasteiger partial charge in [0.1, 0.15) is 30.5 Å². The quantitative estimate of drug-likeness (QED) is 0.0657. The van der Waals surface area contributed by atoms with E-state index in [1.54, 1.807) is 12.1 Å². The summed E-state index contributed by atoms with van der Waals surface area (Å²) in [5.41, 5.74) is 24.3. The van der Waals surface area contributed by atoms with Crippen LogP contribution in [0.15, 0.2) is 121 Å². The number of H-pyrrole nitrogens is 2. The van der Waals surface area contributed by atoms with Crippen molar-refractivity contribution in [2.45, 2.75) is 57.5 Å². The number of aromatic amines is 2. The van der Waals surface area contributed by atoms with E-state index >= 15 is 0 Å². The van der Waals surface area contributed by atoms with Crippen LogP contribution in [0, 0.1) is 20.8 Å². The van der Waals surface area contributed by atoms with Gasteiger partial charge in [0.15, 0.2) is 6.29 Å². The van der Waals surface area contributed by atoms with Gasteiger partial charge in [-0.05, 0) is 104 Å². The number of anilines is 1. The summed E-state index contributed by atoms with van der Waals surface area (Å²) >= 11 is 0. The van der Waals surface area contributed by atoms with E-state index in [0.29, 0.717) is 5.69 Å². The molecule has 7 aromatic rings. The number of nitrogens with two attached hydrogens (primary N) is 1. The highest BCUT2D eigenvalue weighted by Gasteiger charge is 2.44. The van der Waals surface area contributed by atoms with Crippen LogP contribution in [0.2, 0.25) is 0 Å². The number of benzene rings is 4. The summed E-state index contributed by atoms with van der Waals surface area (Å²) in [6.07, 6.45) is 0.941. The number of hydrogen-bond acceptors (Lipinski definition) is 10. The smallest absolute Gasteiger partial charge is 0.243 e. The fourth-order valence-electron chi connectivity index (χ4n) is 9.02. The molecule has 0 spiro atoms. The molecule has 0 unspecified atom stereocenters. The molecule has 0 radical (unpaired) electrons. The van der Waals surface area contributed by atoms with Crippen molar-refractivity contribution >= 4 is 58.0 Å². The Morgan fingerprint density at radius 1 is 0.580 bits per heavy atom. The van der Waals surface area contributed by atoms with Gasteiger partial charge >= 0.3 is 0 Å². The number of aromatic nitrogens is 4. The Balaban J connectivity index is 1.11. The van der Waals surface area contributed by atoms with E-state index in [1.807, 2.05) is 12.1 Å². The van der Waals surface area contributed by atoms with Crippen LogP contribution in [0.4, 0.5) is 5.69 Å². The molecule has 3 aromatic heterocycles. The fraction of sp³-hybridized carbons (Fsp3) is 0.196. The molecule has 3 aliphatic rings.